The number of hydrogen-bond acceptors (Lipinski definition) is 9. The number of amides is 2. The van der Waals surface area contributed by atoms with E-state index in [9.17, 15) is 19.2 Å². The van der Waals surface area contributed by atoms with E-state index in [0.29, 0.717) is 28.0 Å². The first-order valence-electron chi connectivity index (χ1n) is 13.4. The Bertz CT molecular complexity index is 1230. The summed E-state index contributed by atoms with van der Waals surface area (Å²) in [5, 5.41) is 5.86. The molecule has 10 nitrogen and oxygen atoms in total. The summed E-state index contributed by atoms with van der Waals surface area (Å²) in [7, 11) is 2.94. The van der Waals surface area contributed by atoms with Crippen molar-refractivity contribution >= 4 is 40.1 Å². The molecule has 0 saturated carbocycles. The van der Waals surface area contributed by atoms with Crippen molar-refractivity contribution in [3.63, 3.8) is 0 Å². The molecule has 1 aliphatic carbocycles. The van der Waals surface area contributed by atoms with Gasteiger partial charge in [-0.15, -0.1) is 11.3 Å². The summed E-state index contributed by atoms with van der Waals surface area (Å²) in [5.74, 6) is -1.36. The van der Waals surface area contributed by atoms with Gasteiger partial charge in [0.05, 0.1) is 26.4 Å². The van der Waals surface area contributed by atoms with Crippen LogP contribution in [0.5, 0.6) is 11.5 Å². The van der Waals surface area contributed by atoms with Gasteiger partial charge in [-0.1, -0.05) is 20.8 Å². The van der Waals surface area contributed by atoms with Crippen LogP contribution in [-0.2, 0) is 31.9 Å². The zero-order chi connectivity index (χ0) is 29.6. The number of hydrogen-bond donors (Lipinski definition) is 2. The van der Waals surface area contributed by atoms with Crippen molar-refractivity contribution in [3.05, 3.63) is 39.8 Å². The van der Waals surface area contributed by atoms with E-state index < -0.39 is 35.9 Å². The average Bonchev–Trinajstić information content (AvgIpc) is 3.27. The van der Waals surface area contributed by atoms with Gasteiger partial charge in [0.2, 0.25) is 0 Å². The normalized spacial score (nSPS) is 15.8. The van der Waals surface area contributed by atoms with Crippen molar-refractivity contribution in [2.24, 2.45) is 11.8 Å². The molecule has 218 valence electrons. The molecule has 0 saturated heterocycles. The van der Waals surface area contributed by atoms with Crippen molar-refractivity contribution < 1.29 is 38.1 Å². The molecule has 3 atom stereocenters. The molecule has 2 amide bonds. The molecule has 3 rings (SSSR count). The second-order valence-electron chi connectivity index (χ2n) is 10.1. The number of benzene rings is 1. The number of ether oxygens (including phenoxy) is 4. The molecule has 0 unspecified atom stereocenters. The van der Waals surface area contributed by atoms with Gasteiger partial charge in [-0.25, -0.2) is 9.59 Å². The van der Waals surface area contributed by atoms with Crippen LogP contribution in [0, 0.1) is 11.8 Å². The molecule has 0 bridgehead atoms. The molecule has 0 radical (unpaired) electrons. The lowest BCUT2D eigenvalue weighted by molar-refractivity contribution is -0.156. The fourth-order valence-corrected chi connectivity index (χ4v) is 5.84. The molecule has 1 aliphatic rings. The largest absolute Gasteiger partial charge is 0.497 e. The number of thiophene rings is 1. The number of rotatable bonds is 11. The number of methoxy groups -OCH3 is 2. The van der Waals surface area contributed by atoms with Crippen LogP contribution >= 0.6 is 11.3 Å². The van der Waals surface area contributed by atoms with Crippen LogP contribution < -0.4 is 20.1 Å². The van der Waals surface area contributed by atoms with E-state index in [1.165, 1.54) is 44.6 Å². The first kappa shape index (κ1) is 30.9. The Morgan fingerprint density at radius 3 is 2.27 bits per heavy atom. The maximum absolute atomic E-state index is 13.1. The van der Waals surface area contributed by atoms with Crippen LogP contribution in [0.3, 0.4) is 0 Å². The third kappa shape index (κ3) is 7.32. The number of anilines is 1. The molecule has 1 aromatic carbocycles. The Kier molecular flexibility index (Phi) is 10.6. The molecule has 2 aromatic rings. The highest BCUT2D eigenvalue weighted by Crippen LogP contribution is 2.40. The van der Waals surface area contributed by atoms with Gasteiger partial charge >= 0.3 is 11.9 Å². The Labute approximate surface area is 238 Å². The predicted molar refractivity (Wildman–Crippen MR) is 151 cm³/mol. The number of carbonyl (C=O) groups is 4. The van der Waals surface area contributed by atoms with Gasteiger partial charge in [-0.2, -0.15) is 0 Å². The number of fused-ring (bicyclic) bond motifs is 1. The van der Waals surface area contributed by atoms with E-state index >= 15 is 0 Å². The Morgan fingerprint density at radius 2 is 1.70 bits per heavy atom. The first-order valence-corrected chi connectivity index (χ1v) is 14.2. The van der Waals surface area contributed by atoms with Crippen LogP contribution in [0.4, 0.5) is 5.00 Å². The minimum atomic E-state index is -1.18. The van der Waals surface area contributed by atoms with Gasteiger partial charge in [0.15, 0.2) is 6.10 Å². The second kappa shape index (κ2) is 13.6. The van der Waals surface area contributed by atoms with Gasteiger partial charge < -0.3 is 29.6 Å². The third-order valence-electron chi connectivity index (χ3n) is 6.71. The van der Waals surface area contributed by atoms with E-state index in [0.717, 1.165) is 29.7 Å². The molecule has 0 fully saturated rings. The summed E-state index contributed by atoms with van der Waals surface area (Å²) in [5.41, 5.74) is 1.53. The number of nitrogens with one attached hydrogen (secondary N) is 2. The minimum Gasteiger partial charge on any atom is -0.497 e. The molecule has 40 heavy (non-hydrogen) atoms. The van der Waals surface area contributed by atoms with Crippen molar-refractivity contribution in [1.29, 1.82) is 0 Å². The molecule has 2 N–H and O–H groups in total. The van der Waals surface area contributed by atoms with Gasteiger partial charge in [0, 0.05) is 16.5 Å². The lowest BCUT2D eigenvalue weighted by Gasteiger charge is -2.23. The minimum absolute atomic E-state index is 0.214. The van der Waals surface area contributed by atoms with Crippen molar-refractivity contribution in [1.82, 2.24) is 5.32 Å². The lowest BCUT2D eigenvalue weighted by atomic mass is 9.88. The van der Waals surface area contributed by atoms with Crippen LogP contribution in [0.25, 0.3) is 0 Å². The van der Waals surface area contributed by atoms with E-state index in [2.05, 4.69) is 17.6 Å². The molecule has 11 heteroatoms. The highest BCUT2D eigenvalue weighted by Gasteiger charge is 2.32. The standard InChI is InChI=1S/C29H38N2O8S/c1-8-38-28(34)23-21-10-9-16(4)11-22(21)40-27(23)31-25(32)17(5)39-29(35)24(15(2)3)30-26(33)18-12-19(36-6)14-20(13-18)37-7/h12-17,24H,8-11H2,1-7H3,(H,30,33)(H,31,32)/t16-,17+,24-/m0/s1. The van der Waals surface area contributed by atoms with Gasteiger partial charge in [0.25, 0.3) is 11.8 Å². The molecule has 0 spiro atoms. The number of esters is 2. The highest BCUT2D eigenvalue weighted by molar-refractivity contribution is 7.17. The fraction of sp³-hybridized carbons (Fsp3) is 0.517. The zero-order valence-electron chi connectivity index (χ0n) is 24.0. The van der Waals surface area contributed by atoms with Gasteiger partial charge in [-0.05, 0) is 62.6 Å². The summed E-state index contributed by atoms with van der Waals surface area (Å²) in [6.45, 7) is 9.05. The van der Waals surface area contributed by atoms with E-state index in [-0.39, 0.29) is 18.1 Å². The lowest BCUT2D eigenvalue weighted by Crippen LogP contribution is -2.47. The van der Waals surface area contributed by atoms with Crippen LogP contribution in [0.15, 0.2) is 18.2 Å². The van der Waals surface area contributed by atoms with Crippen LogP contribution in [0.2, 0.25) is 0 Å². The summed E-state index contributed by atoms with van der Waals surface area (Å²) in [4.78, 5) is 53.0. The molecule has 1 heterocycles. The van der Waals surface area contributed by atoms with Crippen molar-refractivity contribution in [3.8, 4) is 11.5 Å². The van der Waals surface area contributed by atoms with Crippen LogP contribution in [0.1, 0.15) is 72.2 Å². The van der Waals surface area contributed by atoms with E-state index in [1.54, 1.807) is 26.8 Å². The Morgan fingerprint density at radius 1 is 1.05 bits per heavy atom. The summed E-state index contributed by atoms with van der Waals surface area (Å²) in [6.07, 6.45) is 1.32. The second-order valence-corrected chi connectivity index (χ2v) is 11.2. The topological polar surface area (TPSA) is 129 Å². The maximum Gasteiger partial charge on any atom is 0.341 e. The van der Waals surface area contributed by atoms with Gasteiger partial charge in [0.1, 0.15) is 22.5 Å². The fourth-order valence-electron chi connectivity index (χ4n) is 4.43. The SMILES string of the molecule is CCOC(=O)c1c(NC(=O)[C@@H](C)OC(=O)[C@@H](NC(=O)c2cc(OC)cc(OC)c2)C(C)C)sc2c1CC[C@H](C)C2. The average molecular weight is 575 g/mol. The monoisotopic (exact) mass is 574 g/mol. The van der Waals surface area contributed by atoms with Crippen LogP contribution in [-0.4, -0.2) is 56.7 Å². The maximum atomic E-state index is 13.1. The van der Waals surface area contributed by atoms with Crippen molar-refractivity contribution in [2.45, 2.75) is 66.0 Å². The first-order chi connectivity index (χ1) is 19.0. The summed E-state index contributed by atoms with van der Waals surface area (Å²) >= 11 is 1.36. The Balaban J connectivity index is 1.73. The third-order valence-corrected chi connectivity index (χ3v) is 7.88. The van der Waals surface area contributed by atoms with Gasteiger partial charge in [-0.3, -0.25) is 9.59 Å². The van der Waals surface area contributed by atoms with E-state index in [4.69, 9.17) is 18.9 Å². The number of carbonyl (C=O) groups excluding carboxylic acids is 4. The zero-order valence-corrected chi connectivity index (χ0v) is 24.9. The molecule has 1 aromatic heterocycles. The predicted octanol–water partition coefficient (Wildman–Crippen LogP) is 4.39. The van der Waals surface area contributed by atoms with E-state index in [1.807, 2.05) is 0 Å². The molecular weight excluding hydrogens is 536 g/mol. The van der Waals surface area contributed by atoms with Crippen molar-refractivity contribution in [2.75, 3.05) is 26.1 Å². The highest BCUT2D eigenvalue weighted by atomic mass is 32.1. The quantitative estimate of drug-likeness (QED) is 0.378. The summed E-state index contributed by atoms with van der Waals surface area (Å²) in [6, 6.07) is 3.66. The molecular formula is C29H38N2O8S. The smallest absolute Gasteiger partial charge is 0.341 e. The summed E-state index contributed by atoms with van der Waals surface area (Å²) < 4.78 is 21.2. The Hall–Kier alpha value is -3.60. The molecule has 0 aliphatic heterocycles.